The van der Waals surface area contributed by atoms with Crippen molar-refractivity contribution >= 4 is 29.6 Å². The topological polar surface area (TPSA) is 113 Å². The van der Waals surface area contributed by atoms with Gasteiger partial charge in [-0.05, 0) is 41.8 Å². The standard InChI is InChI=1S/C27H19ClO7/c28-20-11-16-13(10-22(20)30)5-7-18-25(16)34-23-12-21(29)14(6-8-24(31)32)9-19(23)27(18)17-4-2-1-3-15(17)26(33)35-27/h1-5,7,9-12,18,25,29-30H,6,8H2,(H,31,32). The number of aromatic hydroxyl groups is 2. The highest BCUT2D eigenvalue weighted by Gasteiger charge is 2.59. The molecule has 0 radical (unpaired) electrons. The second-order valence-corrected chi connectivity index (χ2v) is 9.30. The van der Waals surface area contributed by atoms with Gasteiger partial charge in [0.15, 0.2) is 5.60 Å². The molecule has 35 heavy (non-hydrogen) atoms. The summed E-state index contributed by atoms with van der Waals surface area (Å²) in [5.74, 6) is -1.80. The molecule has 3 atom stereocenters. The number of carboxylic acid groups (broad SMARTS) is 1. The molecule has 8 heteroatoms. The zero-order valence-electron chi connectivity index (χ0n) is 18.2. The predicted octanol–water partition coefficient (Wildman–Crippen LogP) is 4.96. The third-order valence-electron chi connectivity index (χ3n) is 6.98. The molecule has 0 saturated carbocycles. The molecule has 2 aliphatic heterocycles. The van der Waals surface area contributed by atoms with Crippen molar-refractivity contribution in [2.75, 3.05) is 0 Å². The number of ether oxygens (including phenoxy) is 2. The lowest BCUT2D eigenvalue weighted by molar-refractivity contribution is -0.136. The first-order valence-electron chi connectivity index (χ1n) is 11.1. The first-order valence-corrected chi connectivity index (χ1v) is 11.5. The van der Waals surface area contributed by atoms with E-state index in [-0.39, 0.29) is 29.4 Å². The number of carboxylic acids is 1. The number of carbonyl (C=O) groups is 2. The number of rotatable bonds is 3. The lowest BCUT2D eigenvalue weighted by atomic mass is 9.67. The Labute approximate surface area is 204 Å². The molecule has 3 aromatic carbocycles. The second-order valence-electron chi connectivity index (χ2n) is 8.90. The molecule has 1 spiro atoms. The molecule has 0 bridgehead atoms. The van der Waals surface area contributed by atoms with Gasteiger partial charge in [0.1, 0.15) is 23.4 Å². The van der Waals surface area contributed by atoms with Crippen molar-refractivity contribution in [3.63, 3.8) is 0 Å². The Morgan fingerprint density at radius 1 is 1.06 bits per heavy atom. The number of aliphatic carboxylic acids is 1. The molecule has 0 aromatic heterocycles. The summed E-state index contributed by atoms with van der Waals surface area (Å²) in [6, 6.07) is 13.4. The number of fused-ring (bicyclic) bond motifs is 8. The van der Waals surface area contributed by atoms with Gasteiger partial charge in [0, 0.05) is 29.2 Å². The summed E-state index contributed by atoms with van der Waals surface area (Å²) < 4.78 is 12.6. The predicted molar refractivity (Wildman–Crippen MR) is 126 cm³/mol. The molecule has 3 unspecified atom stereocenters. The molecule has 2 heterocycles. The van der Waals surface area contributed by atoms with Gasteiger partial charge in [-0.15, -0.1) is 0 Å². The zero-order chi connectivity index (χ0) is 24.5. The Bertz CT molecular complexity index is 1460. The second kappa shape index (κ2) is 7.52. The number of halogens is 1. The van der Waals surface area contributed by atoms with Crippen molar-refractivity contribution in [2.24, 2.45) is 5.92 Å². The van der Waals surface area contributed by atoms with Crippen LogP contribution in [0.2, 0.25) is 5.02 Å². The van der Waals surface area contributed by atoms with Crippen LogP contribution in [-0.4, -0.2) is 27.3 Å². The molecule has 0 amide bonds. The molecule has 6 rings (SSSR count). The van der Waals surface area contributed by atoms with Crippen LogP contribution < -0.4 is 4.74 Å². The van der Waals surface area contributed by atoms with E-state index in [9.17, 15) is 19.8 Å². The number of phenolic OH excluding ortho intramolecular Hbond substituents is 2. The lowest BCUT2D eigenvalue weighted by Crippen LogP contribution is -2.45. The Hall–Kier alpha value is -3.97. The van der Waals surface area contributed by atoms with E-state index in [2.05, 4.69) is 0 Å². The first-order chi connectivity index (χ1) is 16.8. The number of esters is 1. The van der Waals surface area contributed by atoms with E-state index in [4.69, 9.17) is 26.2 Å². The maximum Gasteiger partial charge on any atom is 0.339 e. The van der Waals surface area contributed by atoms with Crippen molar-refractivity contribution in [2.45, 2.75) is 24.5 Å². The van der Waals surface area contributed by atoms with E-state index in [1.54, 1.807) is 30.3 Å². The number of carbonyl (C=O) groups excluding carboxylic acids is 1. The summed E-state index contributed by atoms with van der Waals surface area (Å²) in [4.78, 5) is 24.2. The van der Waals surface area contributed by atoms with Gasteiger partial charge in [0.2, 0.25) is 0 Å². The van der Waals surface area contributed by atoms with Crippen LogP contribution in [0, 0.1) is 5.92 Å². The Balaban J connectivity index is 1.61. The molecule has 3 aromatic rings. The number of benzene rings is 3. The number of phenols is 2. The SMILES string of the molecule is O=C(O)CCc1cc2c(cc1O)OC1c3cc(Cl)c(O)cc3C=CC1C21OC(=O)c2ccccc21. The van der Waals surface area contributed by atoms with E-state index in [0.717, 1.165) is 0 Å². The summed E-state index contributed by atoms with van der Waals surface area (Å²) in [7, 11) is 0. The van der Waals surface area contributed by atoms with Crippen LogP contribution in [0.5, 0.6) is 17.2 Å². The molecule has 1 aliphatic carbocycles. The summed E-state index contributed by atoms with van der Waals surface area (Å²) >= 11 is 6.24. The van der Waals surface area contributed by atoms with Gasteiger partial charge in [0.05, 0.1) is 16.5 Å². The Kier molecular flexibility index (Phi) is 4.63. The van der Waals surface area contributed by atoms with E-state index >= 15 is 0 Å². The van der Waals surface area contributed by atoms with Gasteiger partial charge in [-0.25, -0.2) is 4.79 Å². The minimum Gasteiger partial charge on any atom is -0.508 e. The van der Waals surface area contributed by atoms with Crippen LogP contribution in [0.1, 0.15) is 50.7 Å². The molecule has 0 fully saturated rings. The van der Waals surface area contributed by atoms with Crippen LogP contribution in [-0.2, 0) is 21.6 Å². The normalized spacial score (nSPS) is 23.1. The number of hydrogen-bond donors (Lipinski definition) is 3. The highest BCUT2D eigenvalue weighted by molar-refractivity contribution is 6.32. The van der Waals surface area contributed by atoms with E-state index in [1.807, 2.05) is 24.3 Å². The lowest BCUT2D eigenvalue weighted by Gasteiger charge is -2.46. The largest absolute Gasteiger partial charge is 0.508 e. The third-order valence-corrected chi connectivity index (χ3v) is 7.28. The highest BCUT2D eigenvalue weighted by atomic mass is 35.5. The fourth-order valence-corrected chi connectivity index (χ4v) is 5.59. The van der Waals surface area contributed by atoms with Crippen molar-refractivity contribution in [1.29, 1.82) is 0 Å². The highest BCUT2D eigenvalue weighted by Crippen LogP contribution is 2.60. The van der Waals surface area contributed by atoms with Gasteiger partial charge in [0.25, 0.3) is 0 Å². The molecule has 176 valence electrons. The molecular weight excluding hydrogens is 472 g/mol. The third kappa shape index (κ3) is 3.04. The summed E-state index contributed by atoms with van der Waals surface area (Å²) in [5.41, 5.74) is 2.21. The molecule has 7 nitrogen and oxygen atoms in total. The van der Waals surface area contributed by atoms with Gasteiger partial charge < -0.3 is 24.8 Å². The molecule has 0 saturated heterocycles. The Morgan fingerprint density at radius 2 is 1.86 bits per heavy atom. The van der Waals surface area contributed by atoms with E-state index in [0.29, 0.717) is 39.1 Å². The van der Waals surface area contributed by atoms with Crippen molar-refractivity contribution in [1.82, 2.24) is 0 Å². The van der Waals surface area contributed by atoms with Crippen LogP contribution >= 0.6 is 11.6 Å². The fourth-order valence-electron chi connectivity index (χ4n) is 5.42. The summed E-state index contributed by atoms with van der Waals surface area (Å²) in [6.45, 7) is 0. The average molecular weight is 491 g/mol. The van der Waals surface area contributed by atoms with E-state index < -0.39 is 29.6 Å². The number of hydrogen-bond acceptors (Lipinski definition) is 6. The minimum atomic E-state index is -1.27. The molecule has 3 N–H and O–H groups in total. The number of aryl methyl sites for hydroxylation is 1. The summed E-state index contributed by atoms with van der Waals surface area (Å²) in [5, 5.41) is 30.1. The smallest absolute Gasteiger partial charge is 0.339 e. The van der Waals surface area contributed by atoms with Gasteiger partial charge in [-0.3, -0.25) is 4.79 Å². The summed E-state index contributed by atoms with van der Waals surface area (Å²) in [6.07, 6.45) is 3.02. The van der Waals surface area contributed by atoms with Crippen LogP contribution in [0.25, 0.3) is 6.08 Å². The molecular formula is C27H19ClO7. The van der Waals surface area contributed by atoms with Crippen molar-refractivity contribution in [3.05, 3.63) is 93.0 Å². The van der Waals surface area contributed by atoms with Crippen molar-refractivity contribution < 1.29 is 34.4 Å². The van der Waals surface area contributed by atoms with Gasteiger partial charge in [-0.2, -0.15) is 0 Å². The van der Waals surface area contributed by atoms with Crippen LogP contribution in [0.4, 0.5) is 0 Å². The first kappa shape index (κ1) is 21.6. The quantitative estimate of drug-likeness (QED) is 0.445. The van der Waals surface area contributed by atoms with Gasteiger partial charge in [-0.1, -0.05) is 42.0 Å². The minimum absolute atomic E-state index is 0.0576. The van der Waals surface area contributed by atoms with E-state index in [1.165, 1.54) is 6.07 Å². The molecule has 3 aliphatic rings. The maximum absolute atomic E-state index is 13.1. The zero-order valence-corrected chi connectivity index (χ0v) is 19.0. The average Bonchev–Trinajstić information content (AvgIpc) is 3.12. The Morgan fingerprint density at radius 3 is 2.66 bits per heavy atom. The van der Waals surface area contributed by atoms with Crippen molar-refractivity contribution in [3.8, 4) is 17.2 Å². The van der Waals surface area contributed by atoms with Crippen LogP contribution in [0.3, 0.4) is 0 Å². The van der Waals surface area contributed by atoms with Crippen LogP contribution in [0.15, 0.2) is 54.6 Å². The van der Waals surface area contributed by atoms with Gasteiger partial charge >= 0.3 is 11.9 Å². The fraction of sp³-hybridized carbons (Fsp3) is 0.185. The monoisotopic (exact) mass is 490 g/mol. The maximum atomic E-state index is 13.1.